The number of hydrogen-bond donors (Lipinski definition) is 1. The third-order valence-corrected chi connectivity index (χ3v) is 8.12. The number of likely N-dealkylation sites (tertiary alicyclic amines) is 1. The second kappa shape index (κ2) is 10.2. The second-order valence-corrected chi connectivity index (χ2v) is 10.5. The molecule has 1 aliphatic carbocycles. The molecule has 1 saturated heterocycles. The van der Waals surface area contributed by atoms with Crippen molar-refractivity contribution in [1.29, 1.82) is 0 Å². The molecule has 2 fully saturated rings. The van der Waals surface area contributed by atoms with E-state index < -0.39 is 11.4 Å². The summed E-state index contributed by atoms with van der Waals surface area (Å²) < 4.78 is 35.0. The standard InChI is InChI=1S/C28H37F2N2O3/c1-32(2,20-21-35-25-14-12-24(29)13-15-25)27(30)16-18-31(19-17-27)26(33)28(34,23-10-6-7-11-23)22-8-4-3-5-9-22/h3-5,8-9,12-15,23,34H,6-7,10-11,16-21H2,1-2H3/q+1. The molecule has 1 aliphatic heterocycles. The van der Waals surface area contributed by atoms with E-state index in [-0.39, 0.29) is 48.1 Å². The van der Waals surface area contributed by atoms with Crippen LogP contribution in [0.1, 0.15) is 44.1 Å². The van der Waals surface area contributed by atoms with Crippen molar-refractivity contribution in [2.24, 2.45) is 5.92 Å². The van der Waals surface area contributed by atoms with Crippen LogP contribution in [0.25, 0.3) is 0 Å². The molecule has 1 unspecified atom stereocenters. The zero-order chi connectivity index (χ0) is 25.1. The minimum Gasteiger partial charge on any atom is -0.488 e. The molecule has 0 bridgehead atoms. The molecule has 0 radical (unpaired) electrons. The zero-order valence-electron chi connectivity index (χ0n) is 20.8. The van der Waals surface area contributed by atoms with Crippen molar-refractivity contribution < 1.29 is 27.9 Å². The second-order valence-electron chi connectivity index (χ2n) is 10.5. The van der Waals surface area contributed by atoms with Crippen LogP contribution >= 0.6 is 0 Å². The molecule has 0 aromatic heterocycles. The molecule has 2 aromatic rings. The summed E-state index contributed by atoms with van der Waals surface area (Å²) in [6.45, 7) is 1.25. The largest absolute Gasteiger partial charge is 0.488 e. The number of carbonyl (C=O) groups is 1. The van der Waals surface area contributed by atoms with Gasteiger partial charge in [-0.3, -0.25) is 9.28 Å². The van der Waals surface area contributed by atoms with Crippen LogP contribution in [-0.2, 0) is 10.4 Å². The summed E-state index contributed by atoms with van der Waals surface area (Å²) in [7, 11) is 3.68. The topological polar surface area (TPSA) is 49.8 Å². The number of piperidine rings is 1. The number of amides is 1. The van der Waals surface area contributed by atoms with Crippen molar-refractivity contribution in [2.45, 2.75) is 49.9 Å². The summed E-state index contributed by atoms with van der Waals surface area (Å²) in [6.07, 6.45) is 4.03. The van der Waals surface area contributed by atoms with E-state index in [4.69, 9.17) is 4.74 Å². The number of rotatable bonds is 8. The minimum atomic E-state index is -1.57. The molecule has 1 saturated carbocycles. The van der Waals surface area contributed by atoms with Crippen LogP contribution < -0.4 is 4.74 Å². The summed E-state index contributed by atoms with van der Waals surface area (Å²) in [4.78, 5) is 15.4. The van der Waals surface area contributed by atoms with E-state index in [0.717, 1.165) is 25.7 Å². The van der Waals surface area contributed by atoms with Gasteiger partial charge in [0.1, 0.15) is 24.7 Å². The summed E-state index contributed by atoms with van der Waals surface area (Å²) in [5.41, 5.74) is -0.940. The van der Waals surface area contributed by atoms with E-state index in [1.807, 2.05) is 44.4 Å². The quantitative estimate of drug-likeness (QED) is 0.436. The lowest BCUT2D eigenvalue weighted by Gasteiger charge is -2.48. The number of quaternary nitrogens is 1. The maximum Gasteiger partial charge on any atom is 0.259 e. The lowest BCUT2D eigenvalue weighted by molar-refractivity contribution is -0.960. The minimum absolute atomic E-state index is 0.0990. The first-order valence-electron chi connectivity index (χ1n) is 12.6. The monoisotopic (exact) mass is 487 g/mol. The number of hydrogen-bond acceptors (Lipinski definition) is 3. The molecule has 1 N–H and O–H groups in total. The van der Waals surface area contributed by atoms with Crippen LogP contribution in [0.15, 0.2) is 54.6 Å². The van der Waals surface area contributed by atoms with Gasteiger partial charge in [-0.2, -0.15) is 4.39 Å². The Balaban J connectivity index is 1.40. The van der Waals surface area contributed by atoms with Crippen molar-refractivity contribution in [3.63, 3.8) is 0 Å². The predicted octanol–water partition coefficient (Wildman–Crippen LogP) is 4.65. The molecule has 2 aromatic carbocycles. The Morgan fingerprint density at radius 3 is 2.29 bits per heavy atom. The van der Waals surface area contributed by atoms with E-state index in [0.29, 0.717) is 24.5 Å². The highest BCUT2D eigenvalue weighted by molar-refractivity contribution is 5.87. The van der Waals surface area contributed by atoms with Gasteiger partial charge in [-0.1, -0.05) is 43.2 Å². The first-order chi connectivity index (χ1) is 16.7. The van der Waals surface area contributed by atoms with E-state index in [1.165, 1.54) is 12.1 Å². The van der Waals surface area contributed by atoms with Crippen molar-refractivity contribution >= 4 is 5.91 Å². The fourth-order valence-electron chi connectivity index (χ4n) is 5.59. The highest BCUT2D eigenvalue weighted by Crippen LogP contribution is 2.43. The van der Waals surface area contributed by atoms with Crippen molar-refractivity contribution in [2.75, 3.05) is 40.3 Å². The van der Waals surface area contributed by atoms with E-state index in [9.17, 15) is 14.3 Å². The normalized spacial score (nSPS) is 20.4. The Morgan fingerprint density at radius 1 is 1.09 bits per heavy atom. The summed E-state index contributed by atoms with van der Waals surface area (Å²) in [5.74, 6) is -1.72. The fourth-order valence-corrected chi connectivity index (χ4v) is 5.59. The van der Waals surface area contributed by atoms with Crippen LogP contribution in [0.3, 0.4) is 0 Å². The number of alkyl halides is 1. The number of carbonyl (C=O) groups excluding carboxylic acids is 1. The van der Waals surface area contributed by atoms with Crippen molar-refractivity contribution in [3.8, 4) is 5.75 Å². The molecule has 1 amide bonds. The van der Waals surface area contributed by atoms with Crippen molar-refractivity contribution in [3.05, 3.63) is 66.0 Å². The Bertz CT molecular complexity index is 985. The maximum absolute atomic E-state index is 16.2. The van der Waals surface area contributed by atoms with Crippen LogP contribution in [-0.4, -0.2) is 66.5 Å². The van der Waals surface area contributed by atoms with Gasteiger partial charge in [0, 0.05) is 19.0 Å². The Morgan fingerprint density at radius 2 is 1.69 bits per heavy atom. The van der Waals surface area contributed by atoms with Gasteiger partial charge in [0.05, 0.1) is 26.9 Å². The molecular weight excluding hydrogens is 450 g/mol. The van der Waals surface area contributed by atoms with E-state index in [2.05, 4.69) is 0 Å². The Kier molecular flexibility index (Phi) is 7.48. The summed E-state index contributed by atoms with van der Waals surface area (Å²) in [5, 5.41) is 11.8. The van der Waals surface area contributed by atoms with E-state index in [1.54, 1.807) is 17.0 Å². The van der Waals surface area contributed by atoms with Crippen LogP contribution in [0, 0.1) is 11.7 Å². The summed E-state index contributed by atoms with van der Waals surface area (Å²) in [6, 6.07) is 15.0. The number of halogens is 2. The highest BCUT2D eigenvalue weighted by atomic mass is 19.1. The molecule has 35 heavy (non-hydrogen) atoms. The van der Waals surface area contributed by atoms with Gasteiger partial charge >= 0.3 is 0 Å². The zero-order valence-corrected chi connectivity index (χ0v) is 20.8. The molecule has 190 valence electrons. The van der Waals surface area contributed by atoms with Crippen LogP contribution in [0.2, 0.25) is 0 Å². The molecule has 7 heteroatoms. The molecule has 0 spiro atoms. The van der Waals surface area contributed by atoms with Gasteiger partial charge < -0.3 is 14.7 Å². The maximum atomic E-state index is 16.2. The SMILES string of the molecule is C[N+](C)(CCOc1ccc(F)cc1)C1(F)CCN(C(=O)C(O)(c2ccccc2)C2CCCC2)CC1. The van der Waals surface area contributed by atoms with Gasteiger partial charge in [0.25, 0.3) is 5.91 Å². The smallest absolute Gasteiger partial charge is 0.259 e. The Labute approximate surface area is 206 Å². The third-order valence-electron chi connectivity index (χ3n) is 8.12. The number of nitrogens with zero attached hydrogens (tertiary/aromatic N) is 2. The fraction of sp³-hybridized carbons (Fsp3) is 0.536. The van der Waals surface area contributed by atoms with Gasteiger partial charge in [-0.15, -0.1) is 0 Å². The molecule has 2 aliphatic rings. The molecule has 4 rings (SSSR count). The number of aliphatic hydroxyl groups is 1. The van der Waals surface area contributed by atoms with Gasteiger partial charge in [-0.25, -0.2) is 4.39 Å². The highest BCUT2D eigenvalue weighted by Gasteiger charge is 2.53. The van der Waals surface area contributed by atoms with Gasteiger partial charge in [0.2, 0.25) is 5.79 Å². The predicted molar refractivity (Wildman–Crippen MR) is 131 cm³/mol. The summed E-state index contributed by atoms with van der Waals surface area (Å²) >= 11 is 0. The van der Waals surface area contributed by atoms with Crippen LogP contribution in [0.4, 0.5) is 8.78 Å². The average molecular weight is 488 g/mol. The van der Waals surface area contributed by atoms with Gasteiger partial charge in [0.15, 0.2) is 5.60 Å². The molecular formula is C28H37F2N2O3+. The molecule has 1 heterocycles. The third kappa shape index (κ3) is 5.21. The lowest BCUT2D eigenvalue weighted by Crippen LogP contribution is -2.64. The number of benzene rings is 2. The van der Waals surface area contributed by atoms with E-state index >= 15 is 4.39 Å². The lowest BCUT2D eigenvalue weighted by atomic mass is 9.78. The molecule has 1 atom stereocenters. The number of ether oxygens (including phenoxy) is 1. The van der Waals surface area contributed by atoms with Crippen molar-refractivity contribution in [1.82, 2.24) is 4.90 Å². The average Bonchev–Trinajstić information content (AvgIpc) is 3.41. The first kappa shape index (κ1) is 25.6. The van der Waals surface area contributed by atoms with Gasteiger partial charge in [-0.05, 0) is 42.7 Å². The Hall–Kier alpha value is -2.51. The first-order valence-corrected chi connectivity index (χ1v) is 12.6. The molecule has 5 nitrogen and oxygen atoms in total. The number of likely N-dealkylation sites (N-methyl/N-ethyl adjacent to an activating group) is 1. The van der Waals surface area contributed by atoms with Crippen LogP contribution in [0.5, 0.6) is 5.75 Å².